The Kier molecular flexibility index (Phi) is 6.19. The van der Waals surface area contributed by atoms with Crippen molar-refractivity contribution in [1.29, 1.82) is 0 Å². The molecule has 2 N–H and O–H groups in total. The van der Waals surface area contributed by atoms with E-state index in [-0.39, 0.29) is 18.3 Å². The molecule has 1 atom stereocenters. The van der Waals surface area contributed by atoms with E-state index >= 15 is 0 Å². The second kappa shape index (κ2) is 7.28. The number of nitrogens with zero attached hydrogens (tertiary/aromatic N) is 1. The summed E-state index contributed by atoms with van der Waals surface area (Å²) in [5.41, 5.74) is 3.99. The maximum atomic E-state index is 13.7. The van der Waals surface area contributed by atoms with E-state index in [1.54, 1.807) is 0 Å². The molecule has 124 valence electrons. The second-order valence-corrected chi connectivity index (χ2v) is 5.19. The first-order chi connectivity index (χ1) is 9.82. The van der Waals surface area contributed by atoms with Gasteiger partial charge in [-0.3, -0.25) is 4.79 Å². The van der Waals surface area contributed by atoms with Gasteiger partial charge in [0, 0.05) is 13.1 Å². The molecule has 0 aromatic heterocycles. The maximum Gasteiger partial charge on any atom is 0.416 e. The molecule has 8 heteroatoms. The van der Waals surface area contributed by atoms with Crippen LogP contribution >= 0.6 is 12.4 Å². The van der Waals surface area contributed by atoms with E-state index in [1.165, 1.54) is 4.90 Å². The van der Waals surface area contributed by atoms with Crippen LogP contribution in [0.4, 0.5) is 17.6 Å². The Hall–Kier alpha value is -1.34. The highest BCUT2D eigenvalue weighted by atomic mass is 35.5. The lowest BCUT2D eigenvalue weighted by molar-refractivity contribution is -0.137. The van der Waals surface area contributed by atoms with E-state index in [0.717, 1.165) is 6.42 Å². The van der Waals surface area contributed by atoms with Gasteiger partial charge >= 0.3 is 6.18 Å². The first-order valence-electron chi connectivity index (χ1n) is 6.69. The molecule has 1 aromatic carbocycles. The highest BCUT2D eigenvalue weighted by Gasteiger charge is 2.33. The molecule has 0 radical (unpaired) electrons. The van der Waals surface area contributed by atoms with E-state index in [2.05, 4.69) is 0 Å². The third-order valence-corrected chi connectivity index (χ3v) is 3.66. The zero-order valence-electron chi connectivity index (χ0n) is 11.7. The van der Waals surface area contributed by atoms with Crippen LogP contribution in [0.5, 0.6) is 0 Å². The number of benzene rings is 1. The zero-order valence-corrected chi connectivity index (χ0v) is 12.5. The molecule has 0 saturated carbocycles. The summed E-state index contributed by atoms with van der Waals surface area (Å²) in [5, 5.41) is 0. The SMILES string of the molecule is Cl.NCC1CCCN(C(=O)c2cc(C(F)(F)F)ccc2F)C1. The van der Waals surface area contributed by atoms with Crippen molar-refractivity contribution in [3.63, 3.8) is 0 Å². The molecular weight excluding hydrogens is 324 g/mol. The largest absolute Gasteiger partial charge is 0.416 e. The standard InChI is InChI=1S/C14H16F4N2O.ClH/c15-12-4-3-10(14(16,17)18)6-11(12)13(21)20-5-1-2-9(7-19)8-20;/h3-4,6,9H,1-2,5,7-8,19H2;1H. The predicted molar refractivity (Wildman–Crippen MR) is 76.3 cm³/mol. The van der Waals surface area contributed by atoms with Gasteiger partial charge in [-0.05, 0) is 43.5 Å². The van der Waals surface area contributed by atoms with E-state index in [9.17, 15) is 22.4 Å². The average molecular weight is 341 g/mol. The molecule has 0 bridgehead atoms. The predicted octanol–water partition coefficient (Wildman–Crippen LogP) is 3.08. The average Bonchev–Trinajstić information content (AvgIpc) is 2.46. The van der Waals surface area contributed by atoms with Crippen LogP contribution in [0.25, 0.3) is 0 Å². The van der Waals surface area contributed by atoms with Gasteiger partial charge in [0.15, 0.2) is 0 Å². The minimum atomic E-state index is -4.61. The number of hydrogen-bond donors (Lipinski definition) is 1. The maximum absolute atomic E-state index is 13.7. The van der Waals surface area contributed by atoms with Gasteiger partial charge in [-0.25, -0.2) is 4.39 Å². The summed E-state index contributed by atoms with van der Waals surface area (Å²) in [6.07, 6.45) is -3.02. The Morgan fingerprint density at radius 2 is 2.05 bits per heavy atom. The molecule has 1 heterocycles. The van der Waals surface area contributed by atoms with Crippen LogP contribution in [-0.2, 0) is 6.18 Å². The Morgan fingerprint density at radius 3 is 2.64 bits per heavy atom. The first-order valence-corrected chi connectivity index (χ1v) is 6.69. The lowest BCUT2D eigenvalue weighted by Crippen LogP contribution is -2.42. The fourth-order valence-corrected chi connectivity index (χ4v) is 2.48. The van der Waals surface area contributed by atoms with Crippen LogP contribution in [0.3, 0.4) is 0 Å². The lowest BCUT2D eigenvalue weighted by atomic mass is 9.97. The Bertz CT molecular complexity index is 536. The smallest absolute Gasteiger partial charge is 0.338 e. The fourth-order valence-electron chi connectivity index (χ4n) is 2.48. The third kappa shape index (κ3) is 4.10. The summed E-state index contributed by atoms with van der Waals surface area (Å²) >= 11 is 0. The molecule has 0 aliphatic carbocycles. The molecule has 1 unspecified atom stereocenters. The summed E-state index contributed by atoms with van der Waals surface area (Å²) in [4.78, 5) is 13.6. The topological polar surface area (TPSA) is 46.3 Å². The molecule has 1 aromatic rings. The van der Waals surface area contributed by atoms with Gasteiger partial charge in [0.25, 0.3) is 5.91 Å². The number of hydrogen-bond acceptors (Lipinski definition) is 2. The summed E-state index contributed by atoms with van der Waals surface area (Å²) in [6, 6.07) is 1.88. The van der Waals surface area contributed by atoms with Gasteiger partial charge in [0.05, 0.1) is 11.1 Å². The molecular formula is C14H17ClF4N2O. The third-order valence-electron chi connectivity index (χ3n) is 3.66. The molecule has 0 spiro atoms. The van der Waals surface area contributed by atoms with Crippen LogP contribution in [-0.4, -0.2) is 30.4 Å². The van der Waals surface area contributed by atoms with Crippen LogP contribution in [0.1, 0.15) is 28.8 Å². The Labute approximate surface area is 131 Å². The molecule has 3 nitrogen and oxygen atoms in total. The molecule has 1 fully saturated rings. The van der Waals surface area contributed by atoms with Crippen molar-refractivity contribution in [2.75, 3.05) is 19.6 Å². The van der Waals surface area contributed by atoms with E-state index in [0.29, 0.717) is 44.3 Å². The molecule has 1 amide bonds. The van der Waals surface area contributed by atoms with Gasteiger partial charge in [0.2, 0.25) is 0 Å². The number of halogens is 5. The zero-order chi connectivity index (χ0) is 15.6. The number of carbonyl (C=O) groups excluding carboxylic acids is 1. The van der Waals surface area contributed by atoms with Gasteiger partial charge in [0.1, 0.15) is 5.82 Å². The Balaban J connectivity index is 0.00000242. The second-order valence-electron chi connectivity index (χ2n) is 5.19. The number of amides is 1. The van der Waals surface area contributed by atoms with E-state index < -0.39 is 29.0 Å². The fraction of sp³-hybridized carbons (Fsp3) is 0.500. The van der Waals surface area contributed by atoms with Crippen molar-refractivity contribution < 1.29 is 22.4 Å². The highest BCUT2D eigenvalue weighted by Crippen LogP contribution is 2.31. The van der Waals surface area contributed by atoms with Crippen LogP contribution in [0.15, 0.2) is 18.2 Å². The monoisotopic (exact) mass is 340 g/mol. The molecule has 1 saturated heterocycles. The summed E-state index contributed by atoms with van der Waals surface area (Å²) < 4.78 is 51.7. The van der Waals surface area contributed by atoms with Crippen LogP contribution in [0, 0.1) is 11.7 Å². The summed E-state index contributed by atoms with van der Waals surface area (Å²) in [7, 11) is 0. The quantitative estimate of drug-likeness (QED) is 0.841. The minimum absolute atomic E-state index is 0. The number of rotatable bonds is 2. The van der Waals surface area contributed by atoms with Gasteiger partial charge in [-0.1, -0.05) is 0 Å². The molecule has 22 heavy (non-hydrogen) atoms. The van der Waals surface area contributed by atoms with Crippen molar-refractivity contribution in [2.45, 2.75) is 19.0 Å². The number of likely N-dealkylation sites (tertiary alicyclic amines) is 1. The van der Waals surface area contributed by atoms with Gasteiger partial charge in [-0.15, -0.1) is 12.4 Å². The highest BCUT2D eigenvalue weighted by molar-refractivity contribution is 5.94. The Morgan fingerprint density at radius 1 is 1.36 bits per heavy atom. The van der Waals surface area contributed by atoms with Crippen LogP contribution < -0.4 is 5.73 Å². The van der Waals surface area contributed by atoms with E-state index in [4.69, 9.17) is 5.73 Å². The molecule has 1 aliphatic heterocycles. The van der Waals surface area contributed by atoms with Crippen molar-refractivity contribution in [3.8, 4) is 0 Å². The first kappa shape index (κ1) is 18.7. The normalized spacial score (nSPS) is 18.8. The number of piperidine rings is 1. The molecule has 1 aliphatic rings. The summed E-state index contributed by atoms with van der Waals surface area (Å²) in [5.74, 6) is -1.55. The van der Waals surface area contributed by atoms with Crippen molar-refractivity contribution in [3.05, 3.63) is 35.1 Å². The van der Waals surface area contributed by atoms with Crippen molar-refractivity contribution >= 4 is 18.3 Å². The number of carbonyl (C=O) groups is 1. The number of alkyl halides is 3. The minimum Gasteiger partial charge on any atom is -0.338 e. The van der Waals surface area contributed by atoms with Crippen LogP contribution in [0.2, 0.25) is 0 Å². The van der Waals surface area contributed by atoms with Gasteiger partial charge in [-0.2, -0.15) is 13.2 Å². The summed E-state index contributed by atoms with van der Waals surface area (Å²) in [6.45, 7) is 1.16. The van der Waals surface area contributed by atoms with Crippen molar-refractivity contribution in [2.24, 2.45) is 11.7 Å². The van der Waals surface area contributed by atoms with E-state index in [1.807, 2.05) is 0 Å². The van der Waals surface area contributed by atoms with Crippen molar-refractivity contribution in [1.82, 2.24) is 4.90 Å². The van der Waals surface area contributed by atoms with Gasteiger partial charge < -0.3 is 10.6 Å². The number of nitrogens with two attached hydrogens (primary N) is 1. The lowest BCUT2D eigenvalue weighted by Gasteiger charge is -2.32. The molecule has 2 rings (SSSR count).